The highest BCUT2D eigenvalue weighted by Gasteiger charge is 2.10. The normalized spacial score (nSPS) is 10.8. The fourth-order valence-corrected chi connectivity index (χ4v) is 2.95. The van der Waals surface area contributed by atoms with Crippen LogP contribution in [0.4, 0.5) is 0 Å². The predicted octanol–water partition coefficient (Wildman–Crippen LogP) is 1.74. The molecule has 1 amide bonds. The number of para-hydroxylation sites is 1. The van der Waals surface area contributed by atoms with Crippen molar-refractivity contribution in [3.05, 3.63) is 64.1 Å². The van der Waals surface area contributed by atoms with Crippen LogP contribution in [0, 0.1) is 0 Å². The second-order valence-corrected chi connectivity index (χ2v) is 5.99. The van der Waals surface area contributed by atoms with Gasteiger partial charge in [-0.2, -0.15) is 0 Å². The van der Waals surface area contributed by atoms with Crippen LogP contribution in [0.1, 0.15) is 11.1 Å². The van der Waals surface area contributed by atoms with E-state index in [4.69, 9.17) is 4.74 Å². The molecule has 130 valence electrons. The van der Waals surface area contributed by atoms with Crippen LogP contribution in [0.3, 0.4) is 0 Å². The Labute approximate surface area is 145 Å². The van der Waals surface area contributed by atoms with E-state index in [2.05, 4.69) is 5.32 Å². The summed E-state index contributed by atoms with van der Waals surface area (Å²) < 4.78 is 8.49. The van der Waals surface area contributed by atoms with Crippen LogP contribution in [0.15, 0.2) is 47.3 Å². The van der Waals surface area contributed by atoms with Gasteiger partial charge in [0.05, 0.1) is 24.6 Å². The van der Waals surface area contributed by atoms with Crippen molar-refractivity contribution >= 4 is 16.9 Å². The Balaban J connectivity index is 1.71. The number of fused-ring (bicyclic) bond motifs is 1. The number of imidazole rings is 1. The number of benzene rings is 2. The lowest BCUT2D eigenvalue weighted by molar-refractivity contribution is -0.120. The van der Waals surface area contributed by atoms with E-state index >= 15 is 0 Å². The van der Waals surface area contributed by atoms with Crippen LogP contribution in [0.25, 0.3) is 11.0 Å². The molecule has 0 saturated heterocycles. The largest absolute Gasteiger partial charge is 0.496 e. The van der Waals surface area contributed by atoms with Crippen LogP contribution >= 0.6 is 0 Å². The first-order valence-corrected chi connectivity index (χ1v) is 8.04. The van der Waals surface area contributed by atoms with Crippen molar-refractivity contribution in [2.45, 2.75) is 13.0 Å². The smallest absolute Gasteiger partial charge is 0.328 e. The molecule has 6 nitrogen and oxygen atoms in total. The lowest BCUT2D eigenvalue weighted by Gasteiger charge is -2.09. The highest BCUT2D eigenvalue weighted by Crippen LogP contribution is 2.18. The molecule has 0 aliphatic rings. The molecule has 3 aromatic rings. The average Bonchev–Trinajstić information content (AvgIpc) is 2.84. The number of amides is 1. The Morgan fingerprint density at radius 1 is 1.08 bits per heavy atom. The molecule has 0 bridgehead atoms. The zero-order valence-electron chi connectivity index (χ0n) is 14.6. The monoisotopic (exact) mass is 339 g/mol. The number of methoxy groups -OCH3 is 1. The van der Waals surface area contributed by atoms with Gasteiger partial charge in [0, 0.05) is 26.2 Å². The minimum atomic E-state index is -0.0773. The molecule has 0 saturated carbocycles. The lowest BCUT2D eigenvalue weighted by Crippen LogP contribution is -2.24. The number of carbonyl (C=O) groups excluding carboxylic acids is 1. The number of aromatic nitrogens is 2. The summed E-state index contributed by atoms with van der Waals surface area (Å²) in [5.74, 6) is 0.630. The van der Waals surface area contributed by atoms with Crippen LogP contribution in [0.5, 0.6) is 5.75 Å². The molecule has 25 heavy (non-hydrogen) atoms. The summed E-state index contributed by atoms with van der Waals surface area (Å²) in [7, 11) is 5.09. The second kappa shape index (κ2) is 6.84. The lowest BCUT2D eigenvalue weighted by atomic mass is 10.1. The molecular formula is C19H21N3O3. The number of hydrogen-bond donors (Lipinski definition) is 1. The number of aryl methyl sites for hydroxylation is 2. The van der Waals surface area contributed by atoms with Gasteiger partial charge in [-0.3, -0.25) is 13.9 Å². The highest BCUT2D eigenvalue weighted by molar-refractivity contribution is 5.80. The maximum atomic E-state index is 12.2. The van der Waals surface area contributed by atoms with E-state index in [9.17, 15) is 9.59 Å². The van der Waals surface area contributed by atoms with Gasteiger partial charge in [-0.15, -0.1) is 0 Å². The first-order valence-electron chi connectivity index (χ1n) is 8.04. The van der Waals surface area contributed by atoms with Gasteiger partial charge in [0.25, 0.3) is 0 Å². The fourth-order valence-electron chi connectivity index (χ4n) is 2.95. The van der Waals surface area contributed by atoms with E-state index in [1.54, 1.807) is 30.3 Å². The molecule has 0 atom stereocenters. The molecule has 0 radical (unpaired) electrons. The van der Waals surface area contributed by atoms with E-state index in [-0.39, 0.29) is 18.0 Å². The van der Waals surface area contributed by atoms with Gasteiger partial charge in [0.15, 0.2) is 0 Å². The predicted molar refractivity (Wildman–Crippen MR) is 96.7 cm³/mol. The molecule has 1 heterocycles. The molecule has 0 aliphatic heterocycles. The molecule has 1 N–H and O–H groups in total. The van der Waals surface area contributed by atoms with Crippen molar-refractivity contribution in [3.8, 4) is 5.75 Å². The molecule has 1 aromatic heterocycles. The maximum Gasteiger partial charge on any atom is 0.328 e. The molecule has 3 rings (SSSR count). The Bertz CT molecular complexity index is 985. The van der Waals surface area contributed by atoms with Crippen LogP contribution < -0.4 is 15.7 Å². The molecule has 0 aliphatic carbocycles. The van der Waals surface area contributed by atoms with Gasteiger partial charge in [-0.1, -0.05) is 24.3 Å². The topological polar surface area (TPSA) is 65.3 Å². The molecule has 0 fully saturated rings. The number of nitrogens with zero attached hydrogens (tertiary/aromatic N) is 2. The van der Waals surface area contributed by atoms with E-state index in [1.165, 1.54) is 0 Å². The first-order chi connectivity index (χ1) is 12.0. The Kier molecular flexibility index (Phi) is 4.61. The zero-order valence-corrected chi connectivity index (χ0v) is 14.6. The van der Waals surface area contributed by atoms with Gasteiger partial charge in [-0.25, -0.2) is 4.79 Å². The van der Waals surface area contributed by atoms with Gasteiger partial charge in [0.2, 0.25) is 5.91 Å². The second-order valence-electron chi connectivity index (χ2n) is 5.99. The third-order valence-corrected chi connectivity index (χ3v) is 4.37. The molecule has 0 spiro atoms. The van der Waals surface area contributed by atoms with Crippen molar-refractivity contribution < 1.29 is 9.53 Å². The molecule has 0 unspecified atom stereocenters. The van der Waals surface area contributed by atoms with Crippen molar-refractivity contribution in [1.82, 2.24) is 14.5 Å². The van der Waals surface area contributed by atoms with E-state index in [0.29, 0.717) is 12.3 Å². The zero-order chi connectivity index (χ0) is 18.0. The van der Waals surface area contributed by atoms with E-state index in [1.807, 2.05) is 42.5 Å². The highest BCUT2D eigenvalue weighted by atomic mass is 16.5. The van der Waals surface area contributed by atoms with Gasteiger partial charge >= 0.3 is 5.69 Å². The molecular weight excluding hydrogens is 318 g/mol. The number of hydrogen-bond acceptors (Lipinski definition) is 3. The summed E-state index contributed by atoms with van der Waals surface area (Å²) >= 11 is 0. The number of ether oxygens (including phenoxy) is 1. The van der Waals surface area contributed by atoms with Crippen LogP contribution in [-0.4, -0.2) is 22.2 Å². The average molecular weight is 339 g/mol. The quantitative estimate of drug-likeness (QED) is 0.770. The maximum absolute atomic E-state index is 12.2. The van der Waals surface area contributed by atoms with E-state index in [0.717, 1.165) is 22.2 Å². The summed E-state index contributed by atoms with van der Waals surface area (Å²) in [4.78, 5) is 24.2. The third-order valence-electron chi connectivity index (χ3n) is 4.37. The van der Waals surface area contributed by atoms with Crippen molar-refractivity contribution in [1.29, 1.82) is 0 Å². The summed E-state index contributed by atoms with van der Waals surface area (Å²) in [6.07, 6.45) is 0.260. The van der Waals surface area contributed by atoms with Crippen molar-refractivity contribution in [3.63, 3.8) is 0 Å². The summed E-state index contributed by atoms with van der Waals surface area (Å²) in [6, 6.07) is 13.2. The summed E-state index contributed by atoms with van der Waals surface area (Å²) in [5.41, 5.74) is 3.46. The van der Waals surface area contributed by atoms with Crippen molar-refractivity contribution in [2.75, 3.05) is 7.11 Å². The minimum Gasteiger partial charge on any atom is -0.496 e. The van der Waals surface area contributed by atoms with Crippen LogP contribution in [-0.2, 0) is 31.9 Å². The summed E-state index contributed by atoms with van der Waals surface area (Å²) in [5, 5.41) is 2.92. The standard InChI is InChI=1S/C19H21N3O3/c1-21-15-9-8-13(10-16(15)22(2)19(21)24)12-20-18(23)11-14-6-4-5-7-17(14)25-3/h4-10H,11-12H2,1-3H3,(H,20,23). The van der Waals surface area contributed by atoms with E-state index < -0.39 is 0 Å². The number of nitrogens with one attached hydrogen (secondary N) is 1. The SMILES string of the molecule is COc1ccccc1CC(=O)NCc1ccc2c(c1)n(C)c(=O)n2C. The Morgan fingerprint density at radius 2 is 1.80 bits per heavy atom. The molecule has 2 aromatic carbocycles. The van der Waals surface area contributed by atoms with Gasteiger partial charge in [-0.05, 0) is 23.8 Å². The Morgan fingerprint density at radius 3 is 2.56 bits per heavy atom. The number of carbonyl (C=O) groups is 1. The van der Waals surface area contributed by atoms with Gasteiger partial charge < -0.3 is 10.1 Å². The van der Waals surface area contributed by atoms with Crippen molar-refractivity contribution in [2.24, 2.45) is 14.1 Å². The van der Waals surface area contributed by atoms with Crippen LogP contribution in [0.2, 0.25) is 0 Å². The first kappa shape index (κ1) is 16.8. The minimum absolute atomic E-state index is 0.0626. The Hall–Kier alpha value is -3.02. The number of rotatable bonds is 5. The molecule has 6 heteroatoms. The van der Waals surface area contributed by atoms with Gasteiger partial charge in [0.1, 0.15) is 5.75 Å². The third kappa shape index (κ3) is 3.28. The fraction of sp³-hybridized carbons (Fsp3) is 0.263. The summed E-state index contributed by atoms with van der Waals surface area (Å²) in [6.45, 7) is 0.410.